The molecular formula is C6H8. The van der Waals surface area contributed by atoms with Gasteiger partial charge < -0.3 is 0 Å². The fraction of sp³-hybridized carbons (Fsp3) is 0.333. The predicted octanol–water partition coefficient (Wildman–Crippen LogP) is 1.89. The summed E-state index contributed by atoms with van der Waals surface area (Å²) in [6.07, 6.45) is 11.0. The maximum atomic E-state index is 2.18. The van der Waals surface area contributed by atoms with E-state index < -0.39 is 0 Å². The van der Waals surface area contributed by atoms with Crippen molar-refractivity contribution >= 4 is 0 Å². The Labute approximate surface area is 38.2 Å². The lowest BCUT2D eigenvalue weighted by atomic mass is 10.2. The lowest BCUT2D eigenvalue weighted by Gasteiger charge is -1.88. The summed E-state index contributed by atoms with van der Waals surface area (Å²) in [5.41, 5.74) is 0. The first-order valence-corrected chi connectivity index (χ1v) is 2.32. The first kappa shape index (κ1) is 3.66. The highest BCUT2D eigenvalue weighted by molar-refractivity contribution is 5.07. The molecule has 0 heterocycles. The molecule has 0 amide bonds. The Bertz CT molecular complexity index is 66.0. The standard InChI is InChI=1S/C6H8/c1-2-4-6-5-3-1/h1-4H,5-6H2/i5+0. The van der Waals surface area contributed by atoms with Crippen LogP contribution in [-0.4, -0.2) is 0 Å². The van der Waals surface area contributed by atoms with Gasteiger partial charge in [0.1, 0.15) is 0 Å². The van der Waals surface area contributed by atoms with E-state index in [2.05, 4.69) is 24.3 Å². The molecule has 0 saturated heterocycles. The SMILES string of the molecule is C1=CC[12CH2]C=C1. The normalized spacial score (nSPS) is 18.7. The van der Waals surface area contributed by atoms with Crippen molar-refractivity contribution in [3.63, 3.8) is 0 Å². The highest BCUT2D eigenvalue weighted by atomic mass is 13.8. The van der Waals surface area contributed by atoms with Gasteiger partial charge in [0.05, 0.1) is 0 Å². The van der Waals surface area contributed by atoms with E-state index in [1.807, 2.05) is 0 Å². The van der Waals surface area contributed by atoms with Crippen LogP contribution in [0.25, 0.3) is 0 Å². The van der Waals surface area contributed by atoms with Crippen LogP contribution in [-0.2, 0) is 0 Å². The molecule has 0 aromatic rings. The average Bonchev–Trinajstić information content (AvgIpc) is 1.72. The molecule has 0 radical (unpaired) electrons. The third-order valence-corrected chi connectivity index (χ3v) is 0.883. The Balaban J connectivity index is 2.46. The molecule has 6 heavy (non-hydrogen) atoms. The van der Waals surface area contributed by atoms with Gasteiger partial charge in [-0.25, -0.2) is 0 Å². The van der Waals surface area contributed by atoms with Crippen molar-refractivity contribution in [2.24, 2.45) is 0 Å². The summed E-state index contributed by atoms with van der Waals surface area (Å²) < 4.78 is 0. The second-order valence-electron chi connectivity index (χ2n) is 1.43. The molecule has 0 saturated carbocycles. The van der Waals surface area contributed by atoms with Crippen molar-refractivity contribution in [3.05, 3.63) is 24.3 Å². The molecule has 0 fully saturated rings. The van der Waals surface area contributed by atoms with Gasteiger partial charge in [-0.15, -0.1) is 0 Å². The van der Waals surface area contributed by atoms with E-state index in [4.69, 9.17) is 0 Å². The van der Waals surface area contributed by atoms with Gasteiger partial charge in [0.15, 0.2) is 0 Å². The largest absolute Gasteiger partial charge is 0.0842 e. The van der Waals surface area contributed by atoms with E-state index in [-0.39, 0.29) is 0 Å². The van der Waals surface area contributed by atoms with Crippen LogP contribution in [0.5, 0.6) is 0 Å². The Kier molecular flexibility index (Phi) is 1.10. The Hall–Kier alpha value is -0.520. The van der Waals surface area contributed by atoms with Gasteiger partial charge in [0.25, 0.3) is 0 Å². The maximum absolute atomic E-state index is 2.18. The fourth-order valence-corrected chi connectivity index (χ4v) is 0.542. The van der Waals surface area contributed by atoms with Gasteiger partial charge in [-0.1, -0.05) is 24.3 Å². The number of allylic oxidation sites excluding steroid dienone is 4. The van der Waals surface area contributed by atoms with E-state index in [1.165, 1.54) is 12.8 Å². The minimum atomic E-state index is 1.23. The second kappa shape index (κ2) is 1.81. The number of hydrogen-bond donors (Lipinski definition) is 0. The van der Waals surface area contributed by atoms with Crippen molar-refractivity contribution in [3.8, 4) is 0 Å². The molecule has 0 nitrogen and oxygen atoms in total. The summed E-state index contributed by atoms with van der Waals surface area (Å²) in [6, 6.07) is 0. The fourth-order valence-electron chi connectivity index (χ4n) is 0.542. The van der Waals surface area contributed by atoms with Crippen LogP contribution < -0.4 is 0 Å². The molecule has 0 unspecified atom stereocenters. The Morgan fingerprint density at radius 2 is 1.33 bits per heavy atom. The summed E-state index contributed by atoms with van der Waals surface area (Å²) in [7, 11) is 0. The first-order valence-electron chi connectivity index (χ1n) is 2.32. The highest BCUT2D eigenvalue weighted by Crippen LogP contribution is 1.98. The van der Waals surface area contributed by atoms with Gasteiger partial charge in [-0.2, -0.15) is 0 Å². The van der Waals surface area contributed by atoms with Gasteiger partial charge >= 0.3 is 0 Å². The molecule has 0 aliphatic heterocycles. The first-order chi connectivity index (χ1) is 3.00. The van der Waals surface area contributed by atoms with Crippen molar-refractivity contribution < 1.29 is 0 Å². The summed E-state index contributed by atoms with van der Waals surface area (Å²) in [4.78, 5) is 0. The maximum Gasteiger partial charge on any atom is -0.0313 e. The molecule has 0 bridgehead atoms. The van der Waals surface area contributed by atoms with Crippen molar-refractivity contribution in [2.45, 2.75) is 12.8 Å². The summed E-state index contributed by atoms with van der Waals surface area (Å²) >= 11 is 0. The molecule has 0 N–H and O–H groups in total. The van der Waals surface area contributed by atoms with E-state index >= 15 is 0 Å². The predicted molar refractivity (Wildman–Crippen MR) is 27.5 cm³/mol. The molecule has 0 aromatic carbocycles. The van der Waals surface area contributed by atoms with Crippen molar-refractivity contribution in [1.82, 2.24) is 0 Å². The van der Waals surface area contributed by atoms with Crippen LogP contribution in [0.1, 0.15) is 12.8 Å². The molecular weight excluding hydrogens is 72.1 g/mol. The van der Waals surface area contributed by atoms with E-state index in [9.17, 15) is 0 Å². The molecule has 0 aromatic heterocycles. The molecule has 32 valence electrons. The molecule has 0 atom stereocenters. The van der Waals surface area contributed by atoms with E-state index in [0.29, 0.717) is 0 Å². The van der Waals surface area contributed by atoms with E-state index in [1.54, 1.807) is 0 Å². The smallest absolute Gasteiger partial charge is 0.0313 e. The third-order valence-electron chi connectivity index (χ3n) is 0.883. The van der Waals surface area contributed by atoms with Crippen molar-refractivity contribution in [1.29, 1.82) is 0 Å². The van der Waals surface area contributed by atoms with Crippen LogP contribution in [0.2, 0.25) is 0 Å². The zero-order chi connectivity index (χ0) is 4.24. The molecule has 1 aliphatic rings. The number of hydrogen-bond acceptors (Lipinski definition) is 0. The highest BCUT2D eigenvalue weighted by Gasteiger charge is 1.77. The van der Waals surface area contributed by atoms with E-state index in [0.717, 1.165) is 0 Å². The van der Waals surface area contributed by atoms with Crippen LogP contribution in [0, 0.1) is 0 Å². The summed E-state index contributed by atoms with van der Waals surface area (Å²) in [5.74, 6) is 0. The molecule has 0 heteroatoms. The Morgan fingerprint density at radius 1 is 0.833 bits per heavy atom. The summed E-state index contributed by atoms with van der Waals surface area (Å²) in [6.45, 7) is 0. The average molecular weight is 80.1 g/mol. The minimum Gasteiger partial charge on any atom is -0.0842 e. The van der Waals surface area contributed by atoms with Gasteiger partial charge in [0.2, 0.25) is 0 Å². The summed E-state index contributed by atoms with van der Waals surface area (Å²) in [5, 5.41) is 0. The second-order valence-corrected chi connectivity index (χ2v) is 1.43. The molecule has 0 spiro atoms. The minimum absolute atomic E-state index is 1.23. The van der Waals surface area contributed by atoms with Gasteiger partial charge in [-0.05, 0) is 12.8 Å². The van der Waals surface area contributed by atoms with Gasteiger partial charge in [-0.3, -0.25) is 0 Å². The van der Waals surface area contributed by atoms with Gasteiger partial charge in [0, 0.05) is 0 Å². The van der Waals surface area contributed by atoms with Crippen LogP contribution >= 0.6 is 0 Å². The van der Waals surface area contributed by atoms with Crippen LogP contribution in [0.4, 0.5) is 0 Å². The lowest BCUT2D eigenvalue weighted by molar-refractivity contribution is 1.04. The number of rotatable bonds is 0. The monoisotopic (exact) mass is 80.1 g/mol. The zero-order valence-corrected chi connectivity index (χ0v) is 3.72. The topological polar surface area (TPSA) is 0 Å². The Morgan fingerprint density at radius 3 is 1.50 bits per heavy atom. The van der Waals surface area contributed by atoms with Crippen LogP contribution in [0.15, 0.2) is 24.3 Å². The van der Waals surface area contributed by atoms with Crippen molar-refractivity contribution in [2.75, 3.05) is 0 Å². The zero-order valence-electron chi connectivity index (χ0n) is 3.72. The third kappa shape index (κ3) is 0.713. The lowest BCUT2D eigenvalue weighted by Crippen LogP contribution is -1.67. The molecule has 1 aliphatic carbocycles. The molecule has 1 rings (SSSR count). The van der Waals surface area contributed by atoms with Crippen LogP contribution in [0.3, 0.4) is 0 Å². The quantitative estimate of drug-likeness (QED) is 0.417.